The summed E-state index contributed by atoms with van der Waals surface area (Å²) in [6, 6.07) is 3.24. The number of rotatable bonds is 5. The molecule has 0 bridgehead atoms. The molecule has 23 heavy (non-hydrogen) atoms. The standard InChI is InChI=1S/C13H14Cl2N2O5S/c1-20-7-5-4-6(10(21-2)11(7)22-3)8-9(14)13(17-12(8)15)23(16,18)19/h4-5,17H,1-3H3,(H2,16,18,19). The number of halogens is 2. The van der Waals surface area contributed by atoms with Crippen LogP contribution in [0, 0.1) is 0 Å². The highest BCUT2D eigenvalue weighted by Gasteiger charge is 2.27. The second kappa shape index (κ2) is 6.48. The molecule has 0 aliphatic heterocycles. The molecule has 2 aromatic rings. The van der Waals surface area contributed by atoms with Gasteiger partial charge in [-0.25, -0.2) is 13.6 Å². The van der Waals surface area contributed by atoms with Crippen LogP contribution in [0.15, 0.2) is 17.2 Å². The van der Waals surface area contributed by atoms with Gasteiger partial charge in [0, 0.05) is 11.1 Å². The SMILES string of the molecule is COc1ccc(-c2c(Cl)[nH]c(S(N)(=O)=O)c2Cl)c(OC)c1OC. The van der Waals surface area contributed by atoms with E-state index in [1.54, 1.807) is 12.1 Å². The number of aromatic nitrogens is 1. The van der Waals surface area contributed by atoms with E-state index in [2.05, 4.69) is 4.98 Å². The van der Waals surface area contributed by atoms with Gasteiger partial charge >= 0.3 is 0 Å². The number of sulfonamides is 1. The second-order valence-corrected chi connectivity index (χ2v) is 6.64. The Morgan fingerprint density at radius 1 is 1.04 bits per heavy atom. The van der Waals surface area contributed by atoms with Crippen molar-refractivity contribution < 1.29 is 22.6 Å². The van der Waals surface area contributed by atoms with Crippen LogP contribution >= 0.6 is 23.2 Å². The Balaban J connectivity index is 2.81. The van der Waals surface area contributed by atoms with Crippen LogP contribution < -0.4 is 19.3 Å². The van der Waals surface area contributed by atoms with Crippen molar-refractivity contribution in [2.24, 2.45) is 5.14 Å². The van der Waals surface area contributed by atoms with Crippen molar-refractivity contribution in [1.29, 1.82) is 0 Å². The van der Waals surface area contributed by atoms with Crippen molar-refractivity contribution in [2.75, 3.05) is 21.3 Å². The second-order valence-electron chi connectivity index (χ2n) is 4.38. The first-order valence-corrected chi connectivity index (χ1v) is 8.45. The topological polar surface area (TPSA) is 104 Å². The molecular weight excluding hydrogens is 367 g/mol. The number of primary sulfonamides is 1. The number of aromatic amines is 1. The van der Waals surface area contributed by atoms with E-state index in [1.165, 1.54) is 21.3 Å². The Morgan fingerprint density at radius 2 is 1.65 bits per heavy atom. The third-order valence-electron chi connectivity index (χ3n) is 3.12. The van der Waals surface area contributed by atoms with Crippen LogP contribution in [0.5, 0.6) is 17.2 Å². The molecule has 0 saturated heterocycles. The van der Waals surface area contributed by atoms with E-state index in [-0.39, 0.29) is 26.5 Å². The lowest BCUT2D eigenvalue weighted by atomic mass is 10.1. The number of ether oxygens (including phenoxy) is 3. The van der Waals surface area contributed by atoms with Gasteiger partial charge in [-0.3, -0.25) is 0 Å². The predicted molar refractivity (Wildman–Crippen MR) is 87.3 cm³/mol. The van der Waals surface area contributed by atoms with E-state index in [9.17, 15) is 8.42 Å². The molecule has 1 heterocycles. The van der Waals surface area contributed by atoms with Crippen LogP contribution in [0.25, 0.3) is 11.1 Å². The van der Waals surface area contributed by atoms with Crippen LogP contribution in [0.3, 0.4) is 0 Å². The molecule has 0 aliphatic rings. The first kappa shape index (κ1) is 17.7. The van der Waals surface area contributed by atoms with Crippen LogP contribution in [0.4, 0.5) is 0 Å². The minimum Gasteiger partial charge on any atom is -0.493 e. The van der Waals surface area contributed by atoms with Gasteiger partial charge in [0.25, 0.3) is 10.0 Å². The summed E-state index contributed by atoms with van der Waals surface area (Å²) in [4.78, 5) is 2.46. The van der Waals surface area contributed by atoms with E-state index in [4.69, 9.17) is 42.6 Å². The highest BCUT2D eigenvalue weighted by atomic mass is 35.5. The molecule has 0 saturated carbocycles. The van der Waals surface area contributed by atoms with E-state index in [0.717, 1.165) is 0 Å². The fourth-order valence-corrected chi connectivity index (χ4v) is 3.72. The third kappa shape index (κ3) is 3.07. The summed E-state index contributed by atoms with van der Waals surface area (Å²) >= 11 is 12.2. The summed E-state index contributed by atoms with van der Waals surface area (Å²) in [6.45, 7) is 0. The van der Waals surface area contributed by atoms with E-state index >= 15 is 0 Å². The summed E-state index contributed by atoms with van der Waals surface area (Å²) in [5, 5.41) is 4.60. The Labute approximate surface area is 143 Å². The van der Waals surface area contributed by atoms with Crippen molar-refractivity contribution in [1.82, 2.24) is 4.98 Å². The fraction of sp³-hybridized carbons (Fsp3) is 0.231. The Morgan fingerprint density at radius 3 is 2.09 bits per heavy atom. The average Bonchev–Trinajstić information content (AvgIpc) is 2.80. The molecule has 126 valence electrons. The molecule has 1 aromatic carbocycles. The van der Waals surface area contributed by atoms with Crippen molar-refractivity contribution in [2.45, 2.75) is 5.03 Å². The fourth-order valence-electron chi connectivity index (χ4n) is 2.16. The van der Waals surface area contributed by atoms with Gasteiger partial charge in [0.2, 0.25) is 5.75 Å². The van der Waals surface area contributed by atoms with E-state index < -0.39 is 10.0 Å². The van der Waals surface area contributed by atoms with Crippen molar-refractivity contribution in [3.05, 3.63) is 22.3 Å². The zero-order chi connectivity index (χ0) is 17.4. The molecule has 0 aliphatic carbocycles. The van der Waals surface area contributed by atoms with Crippen molar-refractivity contribution in [3.63, 3.8) is 0 Å². The zero-order valence-electron chi connectivity index (χ0n) is 12.4. The number of hydrogen-bond donors (Lipinski definition) is 2. The van der Waals surface area contributed by atoms with Gasteiger partial charge in [-0.2, -0.15) is 0 Å². The molecule has 0 fully saturated rings. The van der Waals surface area contributed by atoms with E-state index in [1.807, 2.05) is 0 Å². The monoisotopic (exact) mass is 380 g/mol. The Bertz CT molecular complexity index is 849. The lowest BCUT2D eigenvalue weighted by molar-refractivity contribution is 0.325. The largest absolute Gasteiger partial charge is 0.493 e. The first-order valence-electron chi connectivity index (χ1n) is 6.15. The van der Waals surface area contributed by atoms with Gasteiger partial charge in [0.15, 0.2) is 16.5 Å². The summed E-state index contributed by atoms with van der Waals surface area (Å²) in [5.41, 5.74) is 0.654. The summed E-state index contributed by atoms with van der Waals surface area (Å²) in [5.74, 6) is 1.04. The summed E-state index contributed by atoms with van der Waals surface area (Å²) in [6.07, 6.45) is 0. The smallest absolute Gasteiger partial charge is 0.255 e. The van der Waals surface area contributed by atoms with Gasteiger partial charge in [-0.05, 0) is 12.1 Å². The maximum absolute atomic E-state index is 11.6. The summed E-state index contributed by atoms with van der Waals surface area (Å²) in [7, 11) is 0.290. The third-order valence-corrected chi connectivity index (χ3v) is 4.77. The molecule has 0 atom stereocenters. The quantitative estimate of drug-likeness (QED) is 0.829. The number of methoxy groups -OCH3 is 3. The number of nitrogens with one attached hydrogen (secondary N) is 1. The van der Waals surface area contributed by atoms with Gasteiger partial charge in [-0.1, -0.05) is 23.2 Å². The molecular formula is C13H14Cl2N2O5S. The number of benzene rings is 1. The van der Waals surface area contributed by atoms with E-state index in [0.29, 0.717) is 17.1 Å². The molecule has 1 aromatic heterocycles. The van der Waals surface area contributed by atoms with Crippen molar-refractivity contribution in [3.8, 4) is 28.4 Å². The van der Waals surface area contributed by atoms with Gasteiger partial charge < -0.3 is 19.2 Å². The minimum atomic E-state index is -4.06. The molecule has 3 N–H and O–H groups in total. The normalized spacial score (nSPS) is 11.4. The number of nitrogens with two attached hydrogens (primary N) is 1. The number of hydrogen-bond acceptors (Lipinski definition) is 5. The maximum Gasteiger partial charge on any atom is 0.255 e. The number of H-pyrrole nitrogens is 1. The molecule has 7 nitrogen and oxygen atoms in total. The van der Waals surface area contributed by atoms with Crippen molar-refractivity contribution >= 4 is 33.2 Å². The molecule has 0 unspecified atom stereocenters. The molecule has 0 amide bonds. The summed E-state index contributed by atoms with van der Waals surface area (Å²) < 4.78 is 38.9. The lowest BCUT2D eigenvalue weighted by Gasteiger charge is -2.15. The highest BCUT2D eigenvalue weighted by Crippen LogP contribution is 2.49. The molecule has 10 heteroatoms. The molecule has 2 rings (SSSR count). The van der Waals surface area contributed by atoms with Crippen LogP contribution in [0.2, 0.25) is 10.2 Å². The van der Waals surface area contributed by atoms with Gasteiger partial charge in [0.05, 0.1) is 26.4 Å². The molecule has 0 spiro atoms. The lowest BCUT2D eigenvalue weighted by Crippen LogP contribution is -2.12. The first-order chi connectivity index (χ1) is 10.8. The minimum absolute atomic E-state index is 0.00421. The highest BCUT2D eigenvalue weighted by molar-refractivity contribution is 7.89. The Kier molecular flexibility index (Phi) is 5.00. The van der Waals surface area contributed by atoms with Crippen LogP contribution in [-0.4, -0.2) is 34.7 Å². The zero-order valence-corrected chi connectivity index (χ0v) is 14.8. The molecule has 0 radical (unpaired) electrons. The predicted octanol–water partition coefficient (Wildman–Crippen LogP) is 2.66. The van der Waals surface area contributed by atoms with Gasteiger partial charge in [-0.15, -0.1) is 0 Å². The van der Waals surface area contributed by atoms with Gasteiger partial charge in [0.1, 0.15) is 5.15 Å². The van der Waals surface area contributed by atoms with Crippen LogP contribution in [0.1, 0.15) is 0 Å². The maximum atomic E-state index is 11.6. The van der Waals surface area contributed by atoms with Crippen LogP contribution in [-0.2, 0) is 10.0 Å². The Hall–Kier alpha value is -1.61. The average molecular weight is 381 g/mol.